The lowest BCUT2D eigenvalue weighted by molar-refractivity contribution is -0.129. The van der Waals surface area contributed by atoms with Crippen molar-refractivity contribution in [2.75, 3.05) is 13.1 Å². The number of nitrogens with zero attached hydrogens (tertiary/aromatic N) is 4. The number of nitrogens with one attached hydrogen (secondary N) is 2. The van der Waals surface area contributed by atoms with E-state index in [1.54, 1.807) is 28.5 Å². The predicted molar refractivity (Wildman–Crippen MR) is 98.1 cm³/mol. The maximum absolute atomic E-state index is 12.9. The van der Waals surface area contributed by atoms with Gasteiger partial charge in [-0.05, 0) is 32.8 Å². The summed E-state index contributed by atoms with van der Waals surface area (Å²) < 4.78 is 0. The minimum atomic E-state index is -0.167. The van der Waals surface area contributed by atoms with Gasteiger partial charge < -0.3 is 9.88 Å². The number of likely N-dealkylation sites (tertiary alicyclic amines) is 1. The van der Waals surface area contributed by atoms with E-state index in [1.807, 2.05) is 13.8 Å². The number of rotatable bonds is 5. The van der Waals surface area contributed by atoms with Gasteiger partial charge in [-0.15, -0.1) is 0 Å². The van der Waals surface area contributed by atoms with E-state index in [2.05, 4.69) is 27.0 Å². The molecule has 0 aromatic carbocycles. The summed E-state index contributed by atoms with van der Waals surface area (Å²) in [6, 6.07) is 0.184. The smallest absolute Gasteiger partial charge is 0.271 e. The fourth-order valence-corrected chi connectivity index (χ4v) is 3.31. The number of aromatic amines is 1. The molecule has 0 spiro atoms. The molecule has 1 saturated heterocycles. The zero-order valence-electron chi connectivity index (χ0n) is 15.1. The third-order valence-electron chi connectivity index (χ3n) is 4.78. The zero-order chi connectivity index (χ0) is 18.7. The van der Waals surface area contributed by atoms with E-state index in [9.17, 15) is 9.59 Å². The molecule has 2 N–H and O–H groups in total. The van der Waals surface area contributed by atoms with Crippen molar-refractivity contribution in [2.24, 2.45) is 0 Å². The lowest BCUT2D eigenvalue weighted by Crippen LogP contribution is -2.56. The molecule has 3 heterocycles. The van der Waals surface area contributed by atoms with Gasteiger partial charge in [0.1, 0.15) is 5.52 Å². The molecule has 0 aliphatic carbocycles. The van der Waals surface area contributed by atoms with Crippen molar-refractivity contribution in [1.82, 2.24) is 30.3 Å². The van der Waals surface area contributed by atoms with Crippen molar-refractivity contribution in [1.29, 1.82) is 0 Å². The number of H-pyrrole nitrogens is 1. The van der Waals surface area contributed by atoms with E-state index in [0.717, 1.165) is 12.8 Å². The van der Waals surface area contributed by atoms with E-state index in [4.69, 9.17) is 0 Å². The SMILES string of the molecule is C=CC(=O)N1C[C@H](NN(CC)C(=O)c2c[nH]c3nccnc23)CC[C@@H]1C. The third-order valence-corrected chi connectivity index (χ3v) is 4.78. The molecular weight excluding hydrogens is 332 g/mol. The molecule has 26 heavy (non-hydrogen) atoms. The van der Waals surface area contributed by atoms with Crippen molar-refractivity contribution in [3.05, 3.63) is 36.8 Å². The number of fused-ring (bicyclic) bond motifs is 1. The summed E-state index contributed by atoms with van der Waals surface area (Å²) in [4.78, 5) is 38.2. The number of aromatic nitrogens is 3. The average Bonchev–Trinajstić information content (AvgIpc) is 3.10. The highest BCUT2D eigenvalue weighted by Crippen LogP contribution is 2.19. The second-order valence-electron chi connectivity index (χ2n) is 6.45. The van der Waals surface area contributed by atoms with Gasteiger partial charge in [-0.2, -0.15) is 0 Å². The fourth-order valence-electron chi connectivity index (χ4n) is 3.31. The number of amides is 2. The molecule has 2 atom stereocenters. The summed E-state index contributed by atoms with van der Waals surface area (Å²) in [5, 5.41) is 1.58. The monoisotopic (exact) mass is 356 g/mol. The van der Waals surface area contributed by atoms with Crippen LogP contribution in [0.4, 0.5) is 0 Å². The molecular formula is C18H24N6O2. The summed E-state index contributed by atoms with van der Waals surface area (Å²) in [6.45, 7) is 8.55. The quantitative estimate of drug-likeness (QED) is 0.625. The van der Waals surface area contributed by atoms with E-state index in [1.165, 1.54) is 6.08 Å². The van der Waals surface area contributed by atoms with Crippen molar-refractivity contribution in [3.63, 3.8) is 0 Å². The van der Waals surface area contributed by atoms with Crippen LogP contribution in [0.1, 0.15) is 37.0 Å². The zero-order valence-corrected chi connectivity index (χ0v) is 15.1. The minimum Gasteiger partial charge on any atom is -0.344 e. The van der Waals surface area contributed by atoms with Crippen molar-refractivity contribution < 1.29 is 9.59 Å². The second-order valence-corrected chi connectivity index (χ2v) is 6.45. The van der Waals surface area contributed by atoms with Crippen LogP contribution in [0.2, 0.25) is 0 Å². The number of carbonyl (C=O) groups excluding carboxylic acids is 2. The second kappa shape index (κ2) is 7.65. The van der Waals surface area contributed by atoms with Crippen LogP contribution in [-0.2, 0) is 4.79 Å². The Hall–Kier alpha value is -2.74. The number of hydrazine groups is 1. The Balaban J connectivity index is 1.74. The van der Waals surface area contributed by atoms with Crippen LogP contribution >= 0.6 is 0 Å². The first-order chi connectivity index (χ1) is 12.5. The normalized spacial score (nSPS) is 20.2. The number of piperidine rings is 1. The van der Waals surface area contributed by atoms with Gasteiger partial charge in [-0.3, -0.25) is 19.6 Å². The molecule has 1 aliphatic rings. The van der Waals surface area contributed by atoms with Crippen molar-refractivity contribution in [2.45, 2.75) is 38.8 Å². The van der Waals surface area contributed by atoms with Crippen LogP contribution in [0.15, 0.2) is 31.2 Å². The summed E-state index contributed by atoms with van der Waals surface area (Å²) in [6.07, 6.45) is 7.89. The molecule has 2 aromatic heterocycles. The van der Waals surface area contributed by atoms with E-state index in [-0.39, 0.29) is 23.9 Å². The third kappa shape index (κ3) is 3.45. The Morgan fingerprint density at radius 1 is 1.42 bits per heavy atom. The first-order valence-electron chi connectivity index (χ1n) is 8.84. The van der Waals surface area contributed by atoms with Crippen LogP contribution in [-0.4, -0.2) is 61.8 Å². The van der Waals surface area contributed by atoms with Crippen molar-refractivity contribution in [3.8, 4) is 0 Å². The molecule has 2 amide bonds. The van der Waals surface area contributed by atoms with Gasteiger partial charge in [0.2, 0.25) is 5.91 Å². The Morgan fingerprint density at radius 2 is 2.19 bits per heavy atom. The van der Waals surface area contributed by atoms with Crippen LogP contribution in [0, 0.1) is 0 Å². The highest BCUT2D eigenvalue weighted by Gasteiger charge is 2.30. The van der Waals surface area contributed by atoms with E-state index in [0.29, 0.717) is 29.8 Å². The molecule has 0 unspecified atom stereocenters. The number of carbonyl (C=O) groups is 2. The summed E-state index contributed by atoms with van der Waals surface area (Å²) in [5.41, 5.74) is 4.90. The van der Waals surface area contributed by atoms with Gasteiger partial charge in [0.05, 0.1) is 5.56 Å². The molecule has 0 bridgehead atoms. The standard InChI is InChI=1S/C18H24N6O2/c1-4-15(25)23-11-13(7-6-12(23)3)22-24(5-2)18(26)14-10-21-17-16(14)19-8-9-20-17/h4,8-10,12-13,22H,1,5-7,11H2,2-3H3,(H,20,21)/t12-,13+/m0/s1. The minimum absolute atomic E-state index is 0.00953. The molecule has 1 fully saturated rings. The summed E-state index contributed by atoms with van der Waals surface area (Å²) >= 11 is 0. The summed E-state index contributed by atoms with van der Waals surface area (Å²) in [7, 11) is 0. The maximum Gasteiger partial charge on any atom is 0.271 e. The average molecular weight is 356 g/mol. The number of hydrogen-bond acceptors (Lipinski definition) is 5. The van der Waals surface area contributed by atoms with Gasteiger partial charge >= 0.3 is 0 Å². The van der Waals surface area contributed by atoms with Gasteiger partial charge in [0.25, 0.3) is 5.91 Å². The van der Waals surface area contributed by atoms with Gasteiger partial charge in [-0.25, -0.2) is 10.4 Å². The Morgan fingerprint density at radius 3 is 2.92 bits per heavy atom. The molecule has 0 saturated carbocycles. The van der Waals surface area contributed by atoms with Gasteiger partial charge in [0.15, 0.2) is 5.65 Å². The Labute approximate surface area is 152 Å². The molecule has 2 aromatic rings. The molecule has 8 heteroatoms. The molecule has 1 aliphatic heterocycles. The first-order valence-corrected chi connectivity index (χ1v) is 8.84. The van der Waals surface area contributed by atoms with Gasteiger partial charge in [0, 0.05) is 43.8 Å². The van der Waals surface area contributed by atoms with Crippen LogP contribution in [0.5, 0.6) is 0 Å². The summed E-state index contributed by atoms with van der Waals surface area (Å²) in [5.74, 6) is -0.246. The van der Waals surface area contributed by atoms with Crippen molar-refractivity contribution >= 4 is 23.0 Å². The van der Waals surface area contributed by atoms with Gasteiger partial charge in [-0.1, -0.05) is 6.58 Å². The number of hydrogen-bond donors (Lipinski definition) is 2. The first kappa shape index (κ1) is 18.1. The highest BCUT2D eigenvalue weighted by molar-refractivity contribution is 6.04. The molecule has 8 nitrogen and oxygen atoms in total. The fraction of sp³-hybridized carbons (Fsp3) is 0.444. The lowest BCUT2D eigenvalue weighted by Gasteiger charge is -2.39. The van der Waals surface area contributed by atoms with E-state index < -0.39 is 0 Å². The Kier molecular flexibility index (Phi) is 5.32. The molecule has 138 valence electrons. The molecule has 0 radical (unpaired) electrons. The lowest BCUT2D eigenvalue weighted by atomic mass is 9.99. The topological polar surface area (TPSA) is 94.2 Å². The van der Waals surface area contributed by atoms with E-state index >= 15 is 0 Å². The predicted octanol–water partition coefficient (Wildman–Crippen LogP) is 1.49. The Bertz CT molecular complexity index is 817. The van der Waals surface area contributed by atoms with Crippen LogP contribution in [0.25, 0.3) is 11.2 Å². The maximum atomic E-state index is 12.9. The van der Waals surface area contributed by atoms with Crippen LogP contribution < -0.4 is 5.43 Å². The molecule has 3 rings (SSSR count). The highest BCUT2D eigenvalue weighted by atomic mass is 16.2. The van der Waals surface area contributed by atoms with Crippen LogP contribution in [0.3, 0.4) is 0 Å². The largest absolute Gasteiger partial charge is 0.344 e.